The van der Waals surface area contributed by atoms with Gasteiger partial charge in [0.2, 0.25) is 0 Å². The van der Waals surface area contributed by atoms with Gasteiger partial charge in [-0.15, -0.1) is 11.6 Å². The number of fused-ring (bicyclic) bond motifs is 1. The first-order valence-electron chi connectivity index (χ1n) is 7.28. The summed E-state index contributed by atoms with van der Waals surface area (Å²) >= 11 is 6.38. The normalized spacial score (nSPS) is 24.8. The smallest absolute Gasteiger partial charge is 0.161 e. The summed E-state index contributed by atoms with van der Waals surface area (Å²) in [5, 5.41) is 0.115. The molecule has 1 aromatic rings. The van der Waals surface area contributed by atoms with Crippen LogP contribution in [0.25, 0.3) is 5.57 Å². The summed E-state index contributed by atoms with van der Waals surface area (Å²) in [5.41, 5.74) is 2.77. The molecule has 0 saturated heterocycles. The van der Waals surface area contributed by atoms with Crippen molar-refractivity contribution in [2.24, 2.45) is 5.41 Å². The predicted octanol–water partition coefficient (Wildman–Crippen LogP) is 4.66. The van der Waals surface area contributed by atoms with Crippen LogP contribution in [-0.4, -0.2) is 18.6 Å². The molecule has 2 aliphatic rings. The Morgan fingerprint density at radius 3 is 2.65 bits per heavy atom. The summed E-state index contributed by atoms with van der Waals surface area (Å²) in [5.74, 6) is 1.71. The number of benzene rings is 1. The zero-order chi connectivity index (χ0) is 14.2. The lowest BCUT2D eigenvalue weighted by Crippen LogP contribution is -2.21. The maximum absolute atomic E-state index is 6.38. The van der Waals surface area contributed by atoms with E-state index in [0.29, 0.717) is 0 Å². The number of ether oxygens (including phenoxy) is 2. The van der Waals surface area contributed by atoms with Gasteiger partial charge < -0.3 is 9.47 Å². The highest BCUT2D eigenvalue weighted by molar-refractivity contribution is 6.22. The zero-order valence-corrected chi connectivity index (χ0v) is 12.9. The lowest BCUT2D eigenvalue weighted by Gasteiger charge is -2.32. The lowest BCUT2D eigenvalue weighted by molar-refractivity contribution is 0.297. The number of hydrogen-bond donors (Lipinski definition) is 0. The molecule has 0 N–H and O–H groups in total. The summed E-state index contributed by atoms with van der Waals surface area (Å²) in [4.78, 5) is 0. The van der Waals surface area contributed by atoms with E-state index in [9.17, 15) is 0 Å². The third kappa shape index (κ3) is 2.95. The Hall–Kier alpha value is -1.15. The summed E-state index contributed by atoms with van der Waals surface area (Å²) in [6.45, 7) is 6.00. The molecule has 20 heavy (non-hydrogen) atoms. The largest absolute Gasteiger partial charge is 0.490 e. The molecule has 0 aromatic heterocycles. The Morgan fingerprint density at radius 2 is 1.90 bits per heavy atom. The first-order valence-corrected chi connectivity index (χ1v) is 7.72. The highest BCUT2D eigenvalue weighted by atomic mass is 35.5. The van der Waals surface area contributed by atoms with Crippen molar-refractivity contribution in [2.75, 3.05) is 13.2 Å². The van der Waals surface area contributed by atoms with Crippen LogP contribution in [-0.2, 0) is 0 Å². The first-order chi connectivity index (χ1) is 9.53. The Morgan fingerprint density at radius 1 is 1.15 bits per heavy atom. The average molecular weight is 293 g/mol. The molecule has 0 spiro atoms. The number of alkyl halides is 1. The maximum atomic E-state index is 6.38. The Balaban J connectivity index is 1.93. The van der Waals surface area contributed by atoms with Crippen molar-refractivity contribution in [3.63, 3.8) is 0 Å². The van der Waals surface area contributed by atoms with Crippen LogP contribution in [0.4, 0.5) is 0 Å². The molecule has 1 aromatic carbocycles. The molecule has 0 saturated carbocycles. The third-order valence-electron chi connectivity index (χ3n) is 3.92. The van der Waals surface area contributed by atoms with Gasteiger partial charge in [0.25, 0.3) is 0 Å². The second-order valence-corrected chi connectivity index (χ2v) is 7.03. The van der Waals surface area contributed by atoms with Crippen LogP contribution in [0.1, 0.15) is 38.7 Å². The highest BCUT2D eigenvalue weighted by Gasteiger charge is 2.28. The van der Waals surface area contributed by atoms with Gasteiger partial charge in [-0.3, -0.25) is 0 Å². The standard InChI is InChI=1S/C17H21ClO2/c1-17(2)10-13(8-14(18)11-17)12-4-5-15-16(9-12)20-7-3-6-19-15/h4-5,8-9,14H,3,6-7,10-11H2,1-2H3. The average Bonchev–Trinajstić information content (AvgIpc) is 2.60. The fraction of sp³-hybridized carbons (Fsp3) is 0.529. The molecule has 0 amide bonds. The Kier molecular flexibility index (Phi) is 3.68. The molecule has 1 unspecified atom stereocenters. The topological polar surface area (TPSA) is 18.5 Å². The SMILES string of the molecule is CC1(C)CC(c2ccc3c(c2)OCCCO3)=CC(Cl)C1. The van der Waals surface area contributed by atoms with Gasteiger partial charge in [-0.2, -0.15) is 0 Å². The Labute approximate surface area is 125 Å². The van der Waals surface area contributed by atoms with Crippen molar-refractivity contribution in [1.82, 2.24) is 0 Å². The minimum atomic E-state index is 0.115. The van der Waals surface area contributed by atoms with Gasteiger partial charge >= 0.3 is 0 Å². The van der Waals surface area contributed by atoms with E-state index in [1.54, 1.807) is 0 Å². The molecule has 1 aliphatic heterocycles. The minimum absolute atomic E-state index is 0.115. The van der Waals surface area contributed by atoms with E-state index >= 15 is 0 Å². The van der Waals surface area contributed by atoms with Crippen molar-refractivity contribution in [3.05, 3.63) is 29.8 Å². The predicted molar refractivity (Wildman–Crippen MR) is 82.7 cm³/mol. The van der Waals surface area contributed by atoms with E-state index in [2.05, 4.69) is 32.1 Å². The van der Waals surface area contributed by atoms with E-state index in [1.807, 2.05) is 6.07 Å². The molecule has 1 aliphatic carbocycles. The van der Waals surface area contributed by atoms with E-state index < -0.39 is 0 Å². The van der Waals surface area contributed by atoms with Crippen molar-refractivity contribution in [2.45, 2.75) is 38.5 Å². The number of rotatable bonds is 1. The van der Waals surface area contributed by atoms with Gasteiger partial charge in [0, 0.05) is 6.42 Å². The van der Waals surface area contributed by atoms with Crippen LogP contribution >= 0.6 is 11.6 Å². The highest BCUT2D eigenvalue weighted by Crippen LogP contribution is 2.42. The third-order valence-corrected chi connectivity index (χ3v) is 4.20. The lowest BCUT2D eigenvalue weighted by atomic mass is 9.75. The van der Waals surface area contributed by atoms with Crippen LogP contribution in [0.3, 0.4) is 0 Å². The molecule has 3 heteroatoms. The van der Waals surface area contributed by atoms with Gasteiger partial charge in [-0.05, 0) is 41.5 Å². The van der Waals surface area contributed by atoms with E-state index in [0.717, 1.165) is 44.0 Å². The quantitative estimate of drug-likeness (QED) is 0.701. The van der Waals surface area contributed by atoms with Crippen molar-refractivity contribution in [3.8, 4) is 11.5 Å². The number of hydrogen-bond acceptors (Lipinski definition) is 2. The van der Waals surface area contributed by atoms with Crippen molar-refractivity contribution < 1.29 is 9.47 Å². The number of halogens is 1. The second-order valence-electron chi connectivity index (χ2n) is 6.47. The van der Waals surface area contributed by atoms with Gasteiger partial charge in [0.15, 0.2) is 11.5 Å². The molecule has 1 heterocycles. The molecule has 1 atom stereocenters. The van der Waals surface area contributed by atoms with E-state index in [1.165, 1.54) is 11.1 Å². The molecular weight excluding hydrogens is 272 g/mol. The van der Waals surface area contributed by atoms with E-state index in [4.69, 9.17) is 21.1 Å². The molecular formula is C17H21ClO2. The summed E-state index contributed by atoms with van der Waals surface area (Å²) in [6.07, 6.45) is 5.20. The van der Waals surface area contributed by atoms with Gasteiger partial charge in [0.1, 0.15) is 0 Å². The van der Waals surface area contributed by atoms with Gasteiger partial charge in [0.05, 0.1) is 18.6 Å². The van der Waals surface area contributed by atoms with Gasteiger partial charge in [-0.25, -0.2) is 0 Å². The van der Waals surface area contributed by atoms with Gasteiger partial charge in [-0.1, -0.05) is 26.0 Å². The molecule has 0 radical (unpaired) electrons. The van der Waals surface area contributed by atoms with Crippen LogP contribution < -0.4 is 9.47 Å². The number of allylic oxidation sites excluding steroid dienone is 2. The molecule has 108 valence electrons. The second kappa shape index (κ2) is 5.33. The van der Waals surface area contributed by atoms with Crippen LogP contribution in [0.5, 0.6) is 11.5 Å². The first kappa shape index (κ1) is 13.8. The fourth-order valence-corrected chi connectivity index (χ4v) is 3.58. The van der Waals surface area contributed by atoms with Crippen LogP contribution in [0.15, 0.2) is 24.3 Å². The Bertz CT molecular complexity index is 534. The molecule has 3 rings (SSSR count). The fourth-order valence-electron chi connectivity index (χ4n) is 3.01. The monoisotopic (exact) mass is 292 g/mol. The maximum Gasteiger partial charge on any atom is 0.161 e. The van der Waals surface area contributed by atoms with Crippen molar-refractivity contribution in [1.29, 1.82) is 0 Å². The molecule has 2 nitrogen and oxygen atoms in total. The minimum Gasteiger partial charge on any atom is -0.490 e. The summed E-state index contributed by atoms with van der Waals surface area (Å²) < 4.78 is 11.5. The molecule has 0 bridgehead atoms. The zero-order valence-electron chi connectivity index (χ0n) is 12.1. The molecule has 0 fully saturated rings. The van der Waals surface area contributed by atoms with Crippen LogP contribution in [0, 0.1) is 5.41 Å². The van der Waals surface area contributed by atoms with E-state index in [-0.39, 0.29) is 10.8 Å². The summed E-state index contributed by atoms with van der Waals surface area (Å²) in [7, 11) is 0. The van der Waals surface area contributed by atoms with Crippen LogP contribution in [0.2, 0.25) is 0 Å². The summed E-state index contributed by atoms with van der Waals surface area (Å²) in [6, 6.07) is 6.23. The van der Waals surface area contributed by atoms with Crippen molar-refractivity contribution >= 4 is 17.2 Å².